The smallest absolute Gasteiger partial charge is 0.222 e. The summed E-state index contributed by atoms with van der Waals surface area (Å²) in [5.41, 5.74) is 1.85. The van der Waals surface area contributed by atoms with Gasteiger partial charge >= 0.3 is 0 Å². The first-order valence-electron chi connectivity index (χ1n) is 10.1. The molecule has 5 nitrogen and oxygen atoms in total. The normalized spacial score (nSPS) is 19.9. The van der Waals surface area contributed by atoms with E-state index >= 15 is 0 Å². The molecule has 0 bridgehead atoms. The number of hydrogen-bond donors (Lipinski definition) is 0. The van der Waals surface area contributed by atoms with Crippen LogP contribution in [0.1, 0.15) is 50.6 Å². The number of rotatable bonds is 5. The third-order valence-corrected chi connectivity index (χ3v) is 6.01. The SMILES string of the molecule is O=C(CCC1CCCC1)N1CCCN(Cc2noc3ccccc23)CC1. The quantitative estimate of drug-likeness (QED) is 0.818. The summed E-state index contributed by atoms with van der Waals surface area (Å²) in [6.07, 6.45) is 8.22. The summed E-state index contributed by atoms with van der Waals surface area (Å²) >= 11 is 0. The lowest BCUT2D eigenvalue weighted by atomic mass is 10.0. The van der Waals surface area contributed by atoms with Gasteiger partial charge < -0.3 is 9.42 Å². The summed E-state index contributed by atoms with van der Waals surface area (Å²) < 4.78 is 5.42. The van der Waals surface area contributed by atoms with E-state index in [1.165, 1.54) is 25.7 Å². The second kappa shape index (κ2) is 8.21. The molecular weight excluding hydrogens is 326 g/mol. The van der Waals surface area contributed by atoms with Crippen molar-refractivity contribution in [1.29, 1.82) is 0 Å². The van der Waals surface area contributed by atoms with Crippen LogP contribution in [0.5, 0.6) is 0 Å². The molecule has 1 aromatic carbocycles. The van der Waals surface area contributed by atoms with E-state index in [0.29, 0.717) is 5.91 Å². The van der Waals surface area contributed by atoms with Gasteiger partial charge in [-0.2, -0.15) is 0 Å². The van der Waals surface area contributed by atoms with E-state index in [2.05, 4.69) is 21.0 Å². The third-order valence-electron chi connectivity index (χ3n) is 6.01. The summed E-state index contributed by atoms with van der Waals surface area (Å²) in [5, 5.41) is 5.35. The zero-order chi connectivity index (χ0) is 17.8. The van der Waals surface area contributed by atoms with Gasteiger partial charge in [0, 0.05) is 44.5 Å². The third kappa shape index (κ3) is 4.09. The Morgan fingerprint density at radius 1 is 1.08 bits per heavy atom. The van der Waals surface area contributed by atoms with Gasteiger partial charge in [-0.05, 0) is 30.9 Å². The highest BCUT2D eigenvalue weighted by Gasteiger charge is 2.22. The number of carbonyl (C=O) groups excluding carboxylic acids is 1. The molecule has 1 aliphatic heterocycles. The maximum absolute atomic E-state index is 12.6. The molecule has 26 heavy (non-hydrogen) atoms. The number of hydrogen-bond acceptors (Lipinski definition) is 4. The maximum atomic E-state index is 12.6. The van der Waals surface area contributed by atoms with Gasteiger partial charge in [-0.1, -0.05) is 43.0 Å². The van der Waals surface area contributed by atoms with Crippen molar-refractivity contribution in [1.82, 2.24) is 15.0 Å². The second-order valence-corrected chi connectivity index (χ2v) is 7.83. The Bertz CT molecular complexity index is 736. The van der Waals surface area contributed by atoms with Gasteiger partial charge in [0.05, 0.1) is 0 Å². The zero-order valence-corrected chi connectivity index (χ0v) is 15.5. The molecule has 5 heteroatoms. The average molecular weight is 355 g/mol. The topological polar surface area (TPSA) is 49.6 Å². The van der Waals surface area contributed by atoms with E-state index in [0.717, 1.165) is 74.6 Å². The molecular formula is C21H29N3O2. The summed E-state index contributed by atoms with van der Waals surface area (Å²) in [7, 11) is 0. The molecule has 1 amide bonds. The van der Waals surface area contributed by atoms with Gasteiger partial charge in [0.25, 0.3) is 0 Å². The Hall–Kier alpha value is -1.88. The van der Waals surface area contributed by atoms with Crippen LogP contribution in [0.15, 0.2) is 28.8 Å². The number of carbonyl (C=O) groups is 1. The summed E-state index contributed by atoms with van der Waals surface area (Å²) in [6.45, 7) is 4.43. The summed E-state index contributed by atoms with van der Waals surface area (Å²) in [6, 6.07) is 8.02. The number of benzene rings is 1. The molecule has 2 aliphatic rings. The monoisotopic (exact) mass is 355 g/mol. The van der Waals surface area contributed by atoms with Crippen molar-refractivity contribution in [2.24, 2.45) is 5.92 Å². The predicted molar refractivity (Wildman–Crippen MR) is 102 cm³/mol. The van der Waals surface area contributed by atoms with Crippen molar-refractivity contribution < 1.29 is 9.32 Å². The zero-order valence-electron chi connectivity index (χ0n) is 15.5. The molecule has 0 atom stereocenters. The van der Waals surface area contributed by atoms with Crippen LogP contribution in [-0.2, 0) is 11.3 Å². The van der Waals surface area contributed by atoms with Crippen molar-refractivity contribution in [3.05, 3.63) is 30.0 Å². The van der Waals surface area contributed by atoms with Gasteiger partial charge in [0.1, 0.15) is 5.69 Å². The van der Waals surface area contributed by atoms with Gasteiger partial charge in [-0.15, -0.1) is 0 Å². The molecule has 1 aliphatic carbocycles. The van der Waals surface area contributed by atoms with Crippen LogP contribution < -0.4 is 0 Å². The lowest BCUT2D eigenvalue weighted by Gasteiger charge is -2.22. The molecule has 1 saturated heterocycles. The highest BCUT2D eigenvalue weighted by Crippen LogP contribution is 2.28. The molecule has 0 unspecified atom stereocenters. The molecule has 2 heterocycles. The number of nitrogens with zero attached hydrogens (tertiary/aromatic N) is 3. The van der Waals surface area contributed by atoms with E-state index in [9.17, 15) is 4.79 Å². The van der Waals surface area contributed by atoms with E-state index < -0.39 is 0 Å². The van der Waals surface area contributed by atoms with Crippen LogP contribution >= 0.6 is 0 Å². The van der Waals surface area contributed by atoms with E-state index in [-0.39, 0.29) is 0 Å². The van der Waals surface area contributed by atoms with Gasteiger partial charge in [-0.3, -0.25) is 9.69 Å². The molecule has 140 valence electrons. The van der Waals surface area contributed by atoms with Crippen LogP contribution in [-0.4, -0.2) is 47.0 Å². The highest BCUT2D eigenvalue weighted by molar-refractivity contribution is 5.79. The number of amides is 1. The van der Waals surface area contributed by atoms with Crippen LogP contribution in [0.25, 0.3) is 11.0 Å². The number of fused-ring (bicyclic) bond motifs is 1. The fraction of sp³-hybridized carbons (Fsp3) is 0.619. The predicted octanol–water partition coefficient (Wildman–Crippen LogP) is 3.83. The second-order valence-electron chi connectivity index (χ2n) is 7.83. The summed E-state index contributed by atoms with van der Waals surface area (Å²) in [5.74, 6) is 1.15. The standard InChI is InChI=1S/C21H29N3O2/c25-21(11-10-17-6-1-2-7-17)24-13-5-12-23(14-15-24)16-19-18-8-3-4-9-20(18)26-22-19/h3-4,8-9,17H,1-2,5-7,10-16H2. The van der Waals surface area contributed by atoms with Crippen molar-refractivity contribution in [2.45, 2.75) is 51.5 Å². The van der Waals surface area contributed by atoms with Crippen LogP contribution in [0.2, 0.25) is 0 Å². The number of aromatic nitrogens is 1. The van der Waals surface area contributed by atoms with Crippen LogP contribution in [0, 0.1) is 5.92 Å². The van der Waals surface area contributed by atoms with Crippen molar-refractivity contribution in [3.63, 3.8) is 0 Å². The van der Waals surface area contributed by atoms with Gasteiger partial charge in [0.2, 0.25) is 5.91 Å². The average Bonchev–Trinajstić information content (AvgIpc) is 3.26. The molecule has 2 fully saturated rings. The van der Waals surface area contributed by atoms with Crippen LogP contribution in [0.3, 0.4) is 0 Å². The van der Waals surface area contributed by atoms with Gasteiger partial charge in [0.15, 0.2) is 5.58 Å². The van der Waals surface area contributed by atoms with Crippen molar-refractivity contribution in [2.75, 3.05) is 26.2 Å². The summed E-state index contributed by atoms with van der Waals surface area (Å²) in [4.78, 5) is 17.1. The lowest BCUT2D eigenvalue weighted by molar-refractivity contribution is -0.131. The van der Waals surface area contributed by atoms with Crippen molar-refractivity contribution in [3.8, 4) is 0 Å². The largest absolute Gasteiger partial charge is 0.356 e. The maximum Gasteiger partial charge on any atom is 0.222 e. The van der Waals surface area contributed by atoms with E-state index in [1.54, 1.807) is 0 Å². The Balaban J connectivity index is 1.29. The minimum absolute atomic E-state index is 0.352. The molecule has 0 N–H and O–H groups in total. The Labute approximate surface area is 155 Å². The Morgan fingerprint density at radius 2 is 1.92 bits per heavy atom. The van der Waals surface area contributed by atoms with Crippen molar-refractivity contribution >= 4 is 16.9 Å². The first kappa shape index (κ1) is 17.5. The lowest BCUT2D eigenvalue weighted by Crippen LogP contribution is -2.35. The fourth-order valence-electron chi connectivity index (χ4n) is 4.43. The molecule has 4 rings (SSSR count). The number of para-hydroxylation sites is 1. The Kier molecular flexibility index (Phi) is 5.54. The molecule has 1 saturated carbocycles. The first-order chi connectivity index (χ1) is 12.8. The first-order valence-corrected chi connectivity index (χ1v) is 10.1. The molecule has 0 spiro atoms. The Morgan fingerprint density at radius 3 is 2.81 bits per heavy atom. The fourth-order valence-corrected chi connectivity index (χ4v) is 4.43. The minimum Gasteiger partial charge on any atom is -0.356 e. The van der Waals surface area contributed by atoms with E-state index in [4.69, 9.17) is 4.52 Å². The molecule has 1 aromatic heterocycles. The minimum atomic E-state index is 0.352. The van der Waals surface area contributed by atoms with Gasteiger partial charge in [-0.25, -0.2) is 0 Å². The highest BCUT2D eigenvalue weighted by atomic mass is 16.5. The molecule has 2 aromatic rings. The molecule has 0 radical (unpaired) electrons. The van der Waals surface area contributed by atoms with E-state index in [1.807, 2.05) is 18.2 Å². The van der Waals surface area contributed by atoms with Crippen LogP contribution in [0.4, 0.5) is 0 Å².